The van der Waals surface area contributed by atoms with Crippen LogP contribution in [0.15, 0.2) is 101 Å². The second kappa shape index (κ2) is 10.0. The summed E-state index contributed by atoms with van der Waals surface area (Å²) >= 11 is 0. The van der Waals surface area contributed by atoms with Gasteiger partial charge in [0.1, 0.15) is 12.1 Å². The number of benzene rings is 3. The SMILES string of the molecule is CCOCc1noc(C2CN=CN(C(c3ccccc3)(c3ccccc3)c3ccccc3)C2)n1. The van der Waals surface area contributed by atoms with E-state index >= 15 is 0 Å². The van der Waals surface area contributed by atoms with Crippen LogP contribution in [0.5, 0.6) is 0 Å². The Morgan fingerprint density at radius 3 is 1.97 bits per heavy atom. The zero-order valence-corrected chi connectivity index (χ0v) is 19.2. The van der Waals surface area contributed by atoms with Gasteiger partial charge in [0.15, 0.2) is 5.82 Å². The minimum absolute atomic E-state index is 0.0246. The van der Waals surface area contributed by atoms with Gasteiger partial charge in [0.05, 0.1) is 18.8 Å². The molecule has 1 atom stereocenters. The van der Waals surface area contributed by atoms with Crippen molar-refractivity contribution in [1.29, 1.82) is 0 Å². The molecule has 5 rings (SSSR count). The average molecular weight is 453 g/mol. The topological polar surface area (TPSA) is 63.8 Å². The third-order valence-corrected chi connectivity index (χ3v) is 6.24. The first-order chi connectivity index (χ1) is 16.8. The summed E-state index contributed by atoms with van der Waals surface area (Å²) in [5.74, 6) is 1.14. The summed E-state index contributed by atoms with van der Waals surface area (Å²) in [6.45, 7) is 4.19. The highest BCUT2D eigenvalue weighted by Gasteiger charge is 2.43. The van der Waals surface area contributed by atoms with Gasteiger partial charge in [-0.25, -0.2) is 0 Å². The molecular weight excluding hydrogens is 424 g/mol. The molecule has 6 heteroatoms. The largest absolute Gasteiger partial charge is 0.374 e. The minimum atomic E-state index is -0.569. The number of hydrogen-bond acceptors (Lipinski definition) is 6. The van der Waals surface area contributed by atoms with Crippen molar-refractivity contribution in [2.24, 2.45) is 4.99 Å². The van der Waals surface area contributed by atoms with Gasteiger partial charge < -0.3 is 14.2 Å². The molecule has 1 unspecified atom stereocenters. The Bertz CT molecular complexity index is 1110. The average Bonchev–Trinajstić information content (AvgIpc) is 3.39. The van der Waals surface area contributed by atoms with E-state index < -0.39 is 5.54 Å². The van der Waals surface area contributed by atoms with Crippen molar-refractivity contribution < 1.29 is 9.26 Å². The lowest BCUT2D eigenvalue weighted by atomic mass is 9.75. The molecule has 0 amide bonds. The first-order valence-electron chi connectivity index (χ1n) is 11.7. The maximum Gasteiger partial charge on any atom is 0.233 e. The Kier molecular flexibility index (Phi) is 6.49. The first-order valence-corrected chi connectivity index (χ1v) is 11.7. The molecule has 3 aromatic carbocycles. The number of ether oxygens (including phenoxy) is 1. The second-order valence-corrected chi connectivity index (χ2v) is 8.32. The molecule has 0 aliphatic carbocycles. The summed E-state index contributed by atoms with van der Waals surface area (Å²) in [6.07, 6.45) is 1.97. The van der Waals surface area contributed by atoms with E-state index in [-0.39, 0.29) is 5.92 Å². The van der Waals surface area contributed by atoms with Crippen molar-refractivity contribution in [3.05, 3.63) is 119 Å². The van der Waals surface area contributed by atoms with E-state index in [4.69, 9.17) is 14.3 Å². The van der Waals surface area contributed by atoms with Gasteiger partial charge in [-0.3, -0.25) is 4.99 Å². The molecule has 1 aliphatic heterocycles. The molecular formula is C28H28N4O2. The van der Waals surface area contributed by atoms with Crippen LogP contribution in [0, 0.1) is 0 Å². The summed E-state index contributed by atoms with van der Waals surface area (Å²) in [6, 6.07) is 31.8. The van der Waals surface area contributed by atoms with Gasteiger partial charge in [0.2, 0.25) is 5.89 Å². The predicted molar refractivity (Wildman–Crippen MR) is 132 cm³/mol. The van der Waals surface area contributed by atoms with Crippen LogP contribution in [0.2, 0.25) is 0 Å². The molecule has 1 aromatic heterocycles. The van der Waals surface area contributed by atoms with E-state index in [9.17, 15) is 0 Å². The summed E-state index contributed by atoms with van der Waals surface area (Å²) in [5.41, 5.74) is 2.94. The number of aromatic nitrogens is 2. The number of hydrogen-bond donors (Lipinski definition) is 0. The van der Waals surface area contributed by atoms with Crippen LogP contribution in [0.3, 0.4) is 0 Å². The number of aliphatic imine (C=N–C) groups is 1. The van der Waals surface area contributed by atoms with Crippen LogP contribution < -0.4 is 0 Å². The number of nitrogens with zero attached hydrogens (tertiary/aromatic N) is 4. The van der Waals surface area contributed by atoms with Gasteiger partial charge in [-0.2, -0.15) is 4.98 Å². The molecule has 34 heavy (non-hydrogen) atoms. The van der Waals surface area contributed by atoms with Crippen LogP contribution in [0.1, 0.15) is 41.2 Å². The summed E-state index contributed by atoms with van der Waals surface area (Å²) in [7, 11) is 0. The van der Waals surface area contributed by atoms with Gasteiger partial charge >= 0.3 is 0 Å². The Morgan fingerprint density at radius 1 is 0.882 bits per heavy atom. The van der Waals surface area contributed by atoms with E-state index in [1.807, 2.05) is 13.3 Å². The fourth-order valence-electron chi connectivity index (χ4n) is 4.72. The molecule has 0 saturated heterocycles. The standard InChI is InChI=1S/C28H28N4O2/c1-2-33-20-26-30-27(34-31-26)22-18-29-21-32(19-22)28(23-12-6-3-7-13-23,24-14-8-4-9-15-24)25-16-10-5-11-17-25/h3-17,21-22H,2,18-20H2,1H3. The van der Waals surface area contributed by atoms with Crippen LogP contribution in [0.4, 0.5) is 0 Å². The summed E-state index contributed by atoms with van der Waals surface area (Å²) in [5, 5.41) is 4.11. The Hall–Kier alpha value is -3.77. The fraction of sp³-hybridized carbons (Fsp3) is 0.250. The highest BCUT2D eigenvalue weighted by molar-refractivity contribution is 5.64. The zero-order valence-electron chi connectivity index (χ0n) is 19.2. The molecule has 172 valence electrons. The fourth-order valence-corrected chi connectivity index (χ4v) is 4.72. The maximum atomic E-state index is 5.64. The lowest BCUT2D eigenvalue weighted by Gasteiger charge is -2.46. The van der Waals surface area contributed by atoms with Crippen molar-refractivity contribution in [3.8, 4) is 0 Å². The lowest BCUT2D eigenvalue weighted by Crippen LogP contribution is -2.50. The van der Waals surface area contributed by atoms with Crippen molar-refractivity contribution >= 4 is 6.34 Å². The smallest absolute Gasteiger partial charge is 0.233 e. The van der Waals surface area contributed by atoms with Crippen molar-refractivity contribution in [2.45, 2.75) is 25.0 Å². The van der Waals surface area contributed by atoms with E-state index in [2.05, 4.69) is 106 Å². The summed E-state index contributed by atoms with van der Waals surface area (Å²) < 4.78 is 11.1. The highest BCUT2D eigenvalue weighted by atomic mass is 16.5. The molecule has 0 radical (unpaired) electrons. The molecule has 1 aliphatic rings. The number of rotatable bonds is 8. The van der Waals surface area contributed by atoms with Gasteiger partial charge in [-0.15, -0.1) is 0 Å². The maximum absolute atomic E-state index is 5.64. The summed E-state index contributed by atoms with van der Waals surface area (Å²) in [4.78, 5) is 11.7. The van der Waals surface area contributed by atoms with Crippen LogP contribution in [-0.2, 0) is 16.9 Å². The molecule has 0 saturated carbocycles. The normalized spacial score (nSPS) is 16.0. The molecule has 6 nitrogen and oxygen atoms in total. The quantitative estimate of drug-likeness (QED) is 0.351. The zero-order chi connectivity index (χ0) is 23.2. The van der Waals surface area contributed by atoms with Crippen molar-refractivity contribution in [2.75, 3.05) is 19.7 Å². The first kappa shape index (κ1) is 22.0. The molecule has 4 aromatic rings. The second-order valence-electron chi connectivity index (χ2n) is 8.32. The van der Waals surface area contributed by atoms with Crippen LogP contribution in [-0.4, -0.2) is 41.1 Å². The highest BCUT2D eigenvalue weighted by Crippen LogP contribution is 2.43. The molecule has 0 bridgehead atoms. The minimum Gasteiger partial charge on any atom is -0.374 e. The van der Waals surface area contributed by atoms with Gasteiger partial charge in [-0.1, -0.05) is 96.2 Å². The molecule has 0 spiro atoms. The van der Waals surface area contributed by atoms with Crippen LogP contribution in [0.25, 0.3) is 0 Å². The molecule has 0 N–H and O–H groups in total. The van der Waals surface area contributed by atoms with E-state index in [0.29, 0.717) is 38.0 Å². The predicted octanol–water partition coefficient (Wildman–Crippen LogP) is 5.03. The molecule has 2 heterocycles. The van der Waals surface area contributed by atoms with Gasteiger partial charge in [0.25, 0.3) is 0 Å². The van der Waals surface area contributed by atoms with Gasteiger partial charge in [-0.05, 0) is 23.6 Å². The Balaban J connectivity index is 1.61. The van der Waals surface area contributed by atoms with E-state index in [0.717, 1.165) is 0 Å². The van der Waals surface area contributed by atoms with Crippen LogP contribution >= 0.6 is 0 Å². The van der Waals surface area contributed by atoms with E-state index in [1.54, 1.807) is 0 Å². The lowest BCUT2D eigenvalue weighted by molar-refractivity contribution is 0.126. The molecule has 0 fully saturated rings. The van der Waals surface area contributed by atoms with Crippen molar-refractivity contribution in [3.63, 3.8) is 0 Å². The monoisotopic (exact) mass is 452 g/mol. The third kappa shape index (κ3) is 4.13. The van der Waals surface area contributed by atoms with E-state index in [1.165, 1.54) is 16.7 Å². The third-order valence-electron chi connectivity index (χ3n) is 6.24. The Morgan fingerprint density at radius 2 is 1.44 bits per heavy atom. The Labute approximate surface area is 199 Å². The van der Waals surface area contributed by atoms with Gasteiger partial charge in [0, 0.05) is 13.2 Å². The van der Waals surface area contributed by atoms with Crippen molar-refractivity contribution in [1.82, 2.24) is 15.0 Å².